The van der Waals surface area contributed by atoms with E-state index in [-0.39, 0.29) is 6.04 Å². The van der Waals surface area contributed by atoms with Gasteiger partial charge in [0.2, 0.25) is 5.89 Å². The van der Waals surface area contributed by atoms with E-state index in [9.17, 15) is 0 Å². The Morgan fingerprint density at radius 1 is 1.21 bits per heavy atom. The Balaban J connectivity index is 1.94. The fraction of sp³-hybridized carbons (Fsp3) is 0.467. The summed E-state index contributed by atoms with van der Waals surface area (Å²) in [7, 11) is 0. The molecular formula is C15H21N3O. The number of nitrogens with two attached hydrogens (primary N) is 1. The van der Waals surface area contributed by atoms with Crippen molar-refractivity contribution in [2.24, 2.45) is 11.7 Å². The number of benzene rings is 1. The van der Waals surface area contributed by atoms with Gasteiger partial charge in [0.25, 0.3) is 0 Å². The second-order valence-electron chi connectivity index (χ2n) is 4.95. The first-order chi connectivity index (χ1) is 9.20. The number of nitrogens with zero attached hydrogens (tertiary/aromatic N) is 2. The summed E-state index contributed by atoms with van der Waals surface area (Å²) in [5.41, 5.74) is 7.35. The molecule has 2 atom stereocenters. The summed E-state index contributed by atoms with van der Waals surface area (Å²) in [6.07, 6.45) is 2.70. The van der Waals surface area contributed by atoms with Gasteiger partial charge in [0.15, 0.2) is 5.82 Å². The molecule has 0 spiro atoms. The highest BCUT2D eigenvalue weighted by Crippen LogP contribution is 2.20. The molecule has 1 aromatic heterocycles. The molecule has 4 heteroatoms. The van der Waals surface area contributed by atoms with Crippen LogP contribution in [0.25, 0.3) is 0 Å². The zero-order valence-corrected chi connectivity index (χ0v) is 11.5. The molecule has 2 rings (SSSR count). The van der Waals surface area contributed by atoms with Crippen molar-refractivity contribution in [3.05, 3.63) is 47.6 Å². The molecule has 1 heterocycles. The van der Waals surface area contributed by atoms with Crippen LogP contribution in [-0.2, 0) is 12.8 Å². The van der Waals surface area contributed by atoms with Gasteiger partial charge >= 0.3 is 0 Å². The summed E-state index contributed by atoms with van der Waals surface area (Å²) in [6.45, 7) is 4.20. The minimum atomic E-state index is -0.164. The Morgan fingerprint density at radius 3 is 2.63 bits per heavy atom. The Bertz CT molecular complexity index is 495. The summed E-state index contributed by atoms with van der Waals surface area (Å²) >= 11 is 0. The van der Waals surface area contributed by atoms with E-state index in [0.29, 0.717) is 11.8 Å². The van der Waals surface area contributed by atoms with Crippen LogP contribution in [0.3, 0.4) is 0 Å². The topological polar surface area (TPSA) is 64.9 Å². The van der Waals surface area contributed by atoms with Gasteiger partial charge < -0.3 is 10.3 Å². The van der Waals surface area contributed by atoms with E-state index in [0.717, 1.165) is 25.1 Å². The average molecular weight is 259 g/mol. The van der Waals surface area contributed by atoms with E-state index in [1.165, 1.54) is 5.56 Å². The van der Waals surface area contributed by atoms with Crippen LogP contribution >= 0.6 is 0 Å². The van der Waals surface area contributed by atoms with E-state index in [2.05, 4.69) is 36.1 Å². The minimum Gasteiger partial charge on any atom is -0.338 e. The monoisotopic (exact) mass is 259 g/mol. The van der Waals surface area contributed by atoms with E-state index >= 15 is 0 Å². The summed E-state index contributed by atoms with van der Waals surface area (Å²) in [5.74, 6) is 1.64. The van der Waals surface area contributed by atoms with Crippen LogP contribution in [0.15, 0.2) is 34.9 Å². The maximum absolute atomic E-state index is 6.07. The van der Waals surface area contributed by atoms with Gasteiger partial charge in [0.1, 0.15) is 0 Å². The van der Waals surface area contributed by atoms with Crippen molar-refractivity contribution >= 4 is 0 Å². The lowest BCUT2D eigenvalue weighted by Gasteiger charge is -2.12. The average Bonchev–Trinajstić information content (AvgIpc) is 2.93. The van der Waals surface area contributed by atoms with Gasteiger partial charge in [0.05, 0.1) is 6.04 Å². The molecule has 0 aliphatic heterocycles. The summed E-state index contributed by atoms with van der Waals surface area (Å²) in [5, 5.41) is 4.00. The van der Waals surface area contributed by atoms with Crippen molar-refractivity contribution in [1.29, 1.82) is 0 Å². The molecule has 0 amide bonds. The molecule has 0 aliphatic carbocycles. The van der Waals surface area contributed by atoms with Crippen molar-refractivity contribution in [2.75, 3.05) is 0 Å². The largest absolute Gasteiger partial charge is 0.338 e. The molecule has 0 saturated carbocycles. The van der Waals surface area contributed by atoms with Crippen LogP contribution in [0.1, 0.15) is 43.6 Å². The molecule has 2 N–H and O–H groups in total. The molecular weight excluding hydrogens is 238 g/mol. The Hall–Kier alpha value is -1.68. The fourth-order valence-electron chi connectivity index (χ4n) is 1.90. The van der Waals surface area contributed by atoms with E-state index in [1.807, 2.05) is 18.2 Å². The molecule has 102 valence electrons. The minimum absolute atomic E-state index is 0.164. The SMILES string of the molecule is CCC(C)[C@H](N)c1nc(CCc2ccccc2)no1. The fourth-order valence-corrected chi connectivity index (χ4v) is 1.90. The highest BCUT2D eigenvalue weighted by atomic mass is 16.5. The molecule has 0 fully saturated rings. The van der Waals surface area contributed by atoms with Gasteiger partial charge in [-0.05, 0) is 17.9 Å². The standard InChI is InChI=1S/C15H21N3O/c1-3-11(2)14(16)15-17-13(18-19-15)10-9-12-7-5-4-6-8-12/h4-8,11,14H,3,9-10,16H2,1-2H3/t11?,14-/m0/s1. The van der Waals surface area contributed by atoms with Gasteiger partial charge in [-0.15, -0.1) is 0 Å². The Labute approximate surface area is 114 Å². The molecule has 0 saturated heterocycles. The second kappa shape index (κ2) is 6.48. The zero-order chi connectivity index (χ0) is 13.7. The smallest absolute Gasteiger partial charge is 0.243 e. The quantitative estimate of drug-likeness (QED) is 0.866. The van der Waals surface area contributed by atoms with Crippen LogP contribution in [0.4, 0.5) is 0 Å². The van der Waals surface area contributed by atoms with Gasteiger partial charge in [-0.1, -0.05) is 55.8 Å². The predicted octanol–water partition coefficient (Wildman–Crippen LogP) is 2.90. The van der Waals surface area contributed by atoms with Crippen LogP contribution in [0.5, 0.6) is 0 Å². The first-order valence-corrected chi connectivity index (χ1v) is 6.82. The molecule has 2 aromatic rings. The summed E-state index contributed by atoms with van der Waals surface area (Å²) in [6, 6.07) is 10.1. The van der Waals surface area contributed by atoms with Gasteiger partial charge in [-0.25, -0.2) is 0 Å². The first-order valence-electron chi connectivity index (χ1n) is 6.82. The van der Waals surface area contributed by atoms with Crippen LogP contribution in [-0.4, -0.2) is 10.1 Å². The molecule has 19 heavy (non-hydrogen) atoms. The molecule has 0 bridgehead atoms. The summed E-state index contributed by atoms with van der Waals surface area (Å²) < 4.78 is 5.25. The van der Waals surface area contributed by atoms with E-state index < -0.39 is 0 Å². The molecule has 1 aromatic carbocycles. The van der Waals surface area contributed by atoms with Crippen LogP contribution < -0.4 is 5.73 Å². The number of rotatable bonds is 6. The number of aryl methyl sites for hydroxylation is 2. The zero-order valence-electron chi connectivity index (χ0n) is 11.5. The number of aromatic nitrogens is 2. The highest BCUT2D eigenvalue weighted by molar-refractivity contribution is 5.15. The van der Waals surface area contributed by atoms with E-state index in [4.69, 9.17) is 10.3 Å². The van der Waals surface area contributed by atoms with Gasteiger partial charge in [-0.3, -0.25) is 0 Å². The molecule has 1 unspecified atom stereocenters. The van der Waals surface area contributed by atoms with Gasteiger partial charge in [-0.2, -0.15) is 4.98 Å². The third-order valence-corrected chi connectivity index (χ3v) is 3.51. The maximum Gasteiger partial charge on any atom is 0.243 e. The lowest BCUT2D eigenvalue weighted by molar-refractivity contribution is 0.310. The van der Waals surface area contributed by atoms with Crippen LogP contribution in [0.2, 0.25) is 0 Å². The number of hydrogen-bond donors (Lipinski definition) is 1. The first kappa shape index (κ1) is 13.7. The lowest BCUT2D eigenvalue weighted by Crippen LogP contribution is -2.18. The predicted molar refractivity (Wildman–Crippen MR) is 74.5 cm³/mol. The lowest BCUT2D eigenvalue weighted by atomic mass is 10.0. The number of hydrogen-bond acceptors (Lipinski definition) is 4. The Kier molecular flexibility index (Phi) is 4.68. The van der Waals surface area contributed by atoms with Crippen molar-refractivity contribution in [2.45, 2.75) is 39.2 Å². The molecule has 0 aliphatic rings. The normalized spacial score (nSPS) is 14.3. The van der Waals surface area contributed by atoms with Crippen molar-refractivity contribution in [1.82, 2.24) is 10.1 Å². The third-order valence-electron chi connectivity index (χ3n) is 3.51. The molecule has 4 nitrogen and oxygen atoms in total. The summed E-state index contributed by atoms with van der Waals surface area (Å²) in [4.78, 5) is 4.39. The third kappa shape index (κ3) is 3.64. The maximum atomic E-state index is 6.07. The highest BCUT2D eigenvalue weighted by Gasteiger charge is 2.19. The van der Waals surface area contributed by atoms with Crippen molar-refractivity contribution < 1.29 is 4.52 Å². The van der Waals surface area contributed by atoms with Crippen molar-refractivity contribution in [3.8, 4) is 0 Å². The molecule has 0 radical (unpaired) electrons. The van der Waals surface area contributed by atoms with Crippen molar-refractivity contribution in [3.63, 3.8) is 0 Å². The second-order valence-corrected chi connectivity index (χ2v) is 4.95. The van der Waals surface area contributed by atoms with Gasteiger partial charge in [0, 0.05) is 6.42 Å². The van der Waals surface area contributed by atoms with Crippen LogP contribution in [0, 0.1) is 5.92 Å². The Morgan fingerprint density at radius 2 is 1.95 bits per heavy atom. The van der Waals surface area contributed by atoms with E-state index in [1.54, 1.807) is 0 Å².